The Morgan fingerprint density at radius 1 is 1.20 bits per heavy atom. The first-order valence-corrected chi connectivity index (χ1v) is 6.95. The molecule has 2 N–H and O–H groups in total. The number of rotatable bonds is 2. The molecule has 0 aliphatic carbocycles. The summed E-state index contributed by atoms with van der Waals surface area (Å²) in [6.07, 6.45) is 1.72. The molecule has 0 radical (unpaired) electrons. The lowest BCUT2D eigenvalue weighted by molar-refractivity contribution is 0.365. The van der Waals surface area contributed by atoms with Gasteiger partial charge in [0, 0.05) is 25.2 Å². The van der Waals surface area contributed by atoms with Crippen molar-refractivity contribution < 1.29 is 0 Å². The summed E-state index contributed by atoms with van der Waals surface area (Å²) in [6, 6.07) is 12.6. The quantitative estimate of drug-likeness (QED) is 0.910. The predicted molar refractivity (Wildman–Crippen MR) is 81.6 cm³/mol. The van der Waals surface area contributed by atoms with Gasteiger partial charge in [0.05, 0.1) is 0 Å². The SMILES string of the molecule is CC1(C)CN(c2ccnc(N)n2)C[C@@H]1c1ccccc1. The Bertz CT molecular complexity index is 594. The van der Waals surface area contributed by atoms with Crippen LogP contribution in [0.1, 0.15) is 25.3 Å². The van der Waals surface area contributed by atoms with E-state index in [2.05, 4.69) is 59.0 Å². The van der Waals surface area contributed by atoms with Crippen LogP contribution >= 0.6 is 0 Å². The molecule has 0 saturated carbocycles. The van der Waals surface area contributed by atoms with Crippen LogP contribution in [-0.4, -0.2) is 23.1 Å². The van der Waals surface area contributed by atoms with Gasteiger partial charge >= 0.3 is 0 Å². The van der Waals surface area contributed by atoms with E-state index in [1.54, 1.807) is 6.20 Å². The first kappa shape index (κ1) is 12.9. The largest absolute Gasteiger partial charge is 0.368 e. The highest BCUT2D eigenvalue weighted by Crippen LogP contribution is 2.43. The van der Waals surface area contributed by atoms with Crippen molar-refractivity contribution in [2.45, 2.75) is 19.8 Å². The van der Waals surface area contributed by atoms with Gasteiger partial charge in [0.15, 0.2) is 0 Å². The normalized spacial score (nSPS) is 21.1. The van der Waals surface area contributed by atoms with Gasteiger partial charge in [0.25, 0.3) is 0 Å². The maximum absolute atomic E-state index is 5.69. The Morgan fingerprint density at radius 2 is 1.95 bits per heavy atom. The summed E-state index contributed by atoms with van der Waals surface area (Å²) in [5.74, 6) is 1.76. The van der Waals surface area contributed by atoms with Gasteiger partial charge in [-0.3, -0.25) is 0 Å². The van der Waals surface area contributed by atoms with Crippen molar-refractivity contribution in [2.75, 3.05) is 23.7 Å². The summed E-state index contributed by atoms with van der Waals surface area (Å²) in [4.78, 5) is 10.6. The van der Waals surface area contributed by atoms with E-state index in [-0.39, 0.29) is 5.41 Å². The van der Waals surface area contributed by atoms with Crippen molar-refractivity contribution >= 4 is 11.8 Å². The second-order valence-electron chi connectivity index (χ2n) is 6.11. The monoisotopic (exact) mass is 268 g/mol. The van der Waals surface area contributed by atoms with Crippen molar-refractivity contribution in [3.05, 3.63) is 48.2 Å². The van der Waals surface area contributed by atoms with Crippen LogP contribution in [-0.2, 0) is 0 Å². The summed E-state index contributed by atoms with van der Waals surface area (Å²) in [7, 11) is 0. The molecule has 104 valence electrons. The third-order valence-corrected chi connectivity index (χ3v) is 4.13. The van der Waals surface area contributed by atoms with Gasteiger partial charge in [-0.05, 0) is 17.0 Å². The van der Waals surface area contributed by atoms with Gasteiger partial charge in [-0.25, -0.2) is 4.98 Å². The molecule has 1 aliphatic heterocycles. The van der Waals surface area contributed by atoms with E-state index in [9.17, 15) is 0 Å². The minimum absolute atomic E-state index is 0.209. The highest BCUT2D eigenvalue weighted by molar-refractivity contribution is 5.45. The number of hydrogen-bond donors (Lipinski definition) is 1. The summed E-state index contributed by atoms with van der Waals surface area (Å²) < 4.78 is 0. The van der Waals surface area contributed by atoms with Crippen molar-refractivity contribution in [3.8, 4) is 0 Å². The molecule has 20 heavy (non-hydrogen) atoms. The second-order valence-corrected chi connectivity index (χ2v) is 6.11. The number of anilines is 2. The van der Waals surface area contributed by atoms with Gasteiger partial charge in [-0.2, -0.15) is 4.98 Å². The van der Waals surface area contributed by atoms with Crippen LogP contribution < -0.4 is 10.6 Å². The van der Waals surface area contributed by atoms with Crippen LogP contribution in [0.4, 0.5) is 11.8 Å². The molecule has 0 amide bonds. The van der Waals surface area contributed by atoms with E-state index < -0.39 is 0 Å². The van der Waals surface area contributed by atoms with Gasteiger partial charge in [-0.15, -0.1) is 0 Å². The Hall–Kier alpha value is -2.10. The van der Waals surface area contributed by atoms with Gasteiger partial charge < -0.3 is 10.6 Å². The molecular weight excluding hydrogens is 248 g/mol. The first-order chi connectivity index (χ1) is 9.56. The van der Waals surface area contributed by atoms with E-state index in [1.165, 1.54) is 5.56 Å². The molecule has 1 saturated heterocycles. The van der Waals surface area contributed by atoms with E-state index >= 15 is 0 Å². The predicted octanol–water partition coefficient (Wildman–Crippen LogP) is 2.69. The number of nitrogens with zero attached hydrogens (tertiary/aromatic N) is 3. The van der Waals surface area contributed by atoms with Crippen LogP contribution in [0, 0.1) is 5.41 Å². The molecule has 1 aromatic carbocycles. The van der Waals surface area contributed by atoms with Crippen LogP contribution in [0.2, 0.25) is 0 Å². The van der Waals surface area contributed by atoms with Gasteiger partial charge in [0.2, 0.25) is 5.95 Å². The molecule has 1 aliphatic rings. The molecule has 1 atom stereocenters. The smallest absolute Gasteiger partial charge is 0.221 e. The van der Waals surface area contributed by atoms with Crippen LogP contribution in [0.15, 0.2) is 42.6 Å². The zero-order chi connectivity index (χ0) is 14.2. The summed E-state index contributed by atoms with van der Waals surface area (Å²) in [5, 5.41) is 0. The van der Waals surface area contributed by atoms with Gasteiger partial charge in [-0.1, -0.05) is 44.2 Å². The second kappa shape index (κ2) is 4.78. The standard InChI is InChI=1S/C16H20N4/c1-16(2)11-20(14-8-9-18-15(17)19-14)10-13(16)12-6-4-3-5-7-12/h3-9,13H,10-11H2,1-2H3,(H2,17,18,19)/t13-/m1/s1. The van der Waals surface area contributed by atoms with E-state index in [4.69, 9.17) is 5.73 Å². The van der Waals surface area contributed by atoms with Crippen LogP contribution in [0.3, 0.4) is 0 Å². The van der Waals surface area contributed by atoms with E-state index in [0.717, 1.165) is 18.9 Å². The van der Waals surface area contributed by atoms with Crippen molar-refractivity contribution in [2.24, 2.45) is 5.41 Å². The number of aromatic nitrogens is 2. The molecule has 1 aromatic heterocycles. The minimum atomic E-state index is 0.209. The highest BCUT2D eigenvalue weighted by atomic mass is 15.2. The molecule has 0 spiro atoms. The van der Waals surface area contributed by atoms with Crippen molar-refractivity contribution in [3.63, 3.8) is 0 Å². The molecule has 0 unspecified atom stereocenters. The molecule has 0 bridgehead atoms. The molecule has 4 heteroatoms. The fourth-order valence-corrected chi connectivity index (χ4v) is 3.09. The maximum Gasteiger partial charge on any atom is 0.221 e. The summed E-state index contributed by atoms with van der Waals surface area (Å²) in [6.45, 7) is 6.57. The Kier molecular flexibility index (Phi) is 3.08. The van der Waals surface area contributed by atoms with Crippen molar-refractivity contribution in [1.29, 1.82) is 0 Å². The Morgan fingerprint density at radius 3 is 2.65 bits per heavy atom. The Balaban J connectivity index is 1.89. The summed E-state index contributed by atoms with van der Waals surface area (Å²) in [5.41, 5.74) is 7.29. The fraction of sp³-hybridized carbons (Fsp3) is 0.375. The minimum Gasteiger partial charge on any atom is -0.368 e. The molecule has 2 aromatic rings. The zero-order valence-electron chi connectivity index (χ0n) is 12.0. The average molecular weight is 268 g/mol. The molecule has 1 fully saturated rings. The maximum atomic E-state index is 5.69. The average Bonchev–Trinajstić information content (AvgIpc) is 2.76. The van der Waals surface area contributed by atoms with Crippen LogP contribution in [0.5, 0.6) is 0 Å². The number of nitrogens with two attached hydrogens (primary N) is 1. The van der Waals surface area contributed by atoms with E-state index in [1.807, 2.05) is 6.07 Å². The van der Waals surface area contributed by atoms with Gasteiger partial charge in [0.1, 0.15) is 5.82 Å². The summed E-state index contributed by atoms with van der Waals surface area (Å²) >= 11 is 0. The molecule has 3 rings (SSSR count). The lowest BCUT2D eigenvalue weighted by Crippen LogP contribution is -2.24. The molecule has 4 nitrogen and oxygen atoms in total. The first-order valence-electron chi connectivity index (χ1n) is 6.95. The highest BCUT2D eigenvalue weighted by Gasteiger charge is 2.40. The zero-order valence-corrected chi connectivity index (χ0v) is 12.0. The van der Waals surface area contributed by atoms with Crippen molar-refractivity contribution in [1.82, 2.24) is 9.97 Å². The number of hydrogen-bond acceptors (Lipinski definition) is 4. The third-order valence-electron chi connectivity index (χ3n) is 4.13. The van der Waals surface area contributed by atoms with Crippen LogP contribution in [0.25, 0.3) is 0 Å². The number of nitrogen functional groups attached to an aromatic ring is 1. The third kappa shape index (κ3) is 2.33. The number of benzene rings is 1. The Labute approximate surface area is 119 Å². The molecular formula is C16H20N4. The molecule has 2 heterocycles. The fourth-order valence-electron chi connectivity index (χ4n) is 3.09. The topological polar surface area (TPSA) is 55.0 Å². The van der Waals surface area contributed by atoms with E-state index in [0.29, 0.717) is 11.9 Å². The lowest BCUT2D eigenvalue weighted by atomic mass is 9.78. The lowest BCUT2D eigenvalue weighted by Gasteiger charge is -2.25.